The number of aliphatic carboxylic acids is 1. The number of rotatable bonds is 11. The highest BCUT2D eigenvalue weighted by Crippen LogP contribution is 2.40. The van der Waals surface area contributed by atoms with Gasteiger partial charge in [-0.2, -0.15) is 13.2 Å². The highest BCUT2D eigenvalue weighted by molar-refractivity contribution is 9.10. The summed E-state index contributed by atoms with van der Waals surface area (Å²) in [5.41, 5.74) is -1.66. The van der Waals surface area contributed by atoms with Gasteiger partial charge in [0.15, 0.2) is 5.82 Å². The largest absolute Gasteiger partial charge is 0.487 e. The topological polar surface area (TPSA) is 125 Å². The van der Waals surface area contributed by atoms with Gasteiger partial charge in [0.2, 0.25) is 0 Å². The van der Waals surface area contributed by atoms with Gasteiger partial charge in [-0.15, -0.1) is 0 Å². The number of hydrogen-bond acceptors (Lipinski definition) is 6. The van der Waals surface area contributed by atoms with Crippen molar-refractivity contribution in [2.24, 2.45) is 0 Å². The number of ether oxygens (including phenoxy) is 2. The number of alkyl carbamates (subject to hydrolysis) is 1. The third-order valence-electron chi connectivity index (χ3n) is 5.19. The van der Waals surface area contributed by atoms with Crippen molar-refractivity contribution in [3.63, 3.8) is 0 Å². The molecule has 0 aliphatic rings. The molecule has 9 nitrogen and oxygen atoms in total. The normalized spacial score (nSPS) is 12.4. The molecule has 2 aromatic carbocycles. The van der Waals surface area contributed by atoms with Crippen molar-refractivity contribution in [2.45, 2.75) is 58.0 Å². The molecular formula is C26H29BrF4N2O7. The van der Waals surface area contributed by atoms with E-state index in [0.29, 0.717) is 5.56 Å². The van der Waals surface area contributed by atoms with Crippen LogP contribution < -0.4 is 15.0 Å². The molecule has 0 saturated carbocycles. The van der Waals surface area contributed by atoms with E-state index in [1.807, 2.05) is 0 Å². The Bertz CT molecular complexity index is 1200. The zero-order chi connectivity index (χ0) is 30.3. The number of amides is 2. The van der Waals surface area contributed by atoms with E-state index in [4.69, 9.17) is 9.47 Å². The molecule has 0 fully saturated rings. The monoisotopic (exact) mass is 636 g/mol. The van der Waals surface area contributed by atoms with Gasteiger partial charge in [-0.05, 0) is 45.2 Å². The van der Waals surface area contributed by atoms with Gasteiger partial charge < -0.3 is 25.0 Å². The molecule has 14 heteroatoms. The van der Waals surface area contributed by atoms with Gasteiger partial charge in [-0.3, -0.25) is 14.5 Å². The Balaban J connectivity index is 2.62. The lowest BCUT2D eigenvalue weighted by Crippen LogP contribution is -2.45. The molecule has 0 heterocycles. The molecule has 0 aromatic heterocycles. The summed E-state index contributed by atoms with van der Waals surface area (Å²) in [5.74, 6) is -6.37. The van der Waals surface area contributed by atoms with Crippen LogP contribution in [0.4, 0.5) is 28.0 Å². The zero-order valence-corrected chi connectivity index (χ0v) is 23.4. The minimum atomic E-state index is -5.54. The maximum absolute atomic E-state index is 16.1. The number of aliphatic hydroxyl groups excluding tert-OH is 1. The van der Waals surface area contributed by atoms with E-state index in [1.165, 1.54) is 0 Å². The minimum absolute atomic E-state index is 0.000438. The molecule has 220 valence electrons. The molecule has 0 bridgehead atoms. The smallest absolute Gasteiger partial charge is 0.471 e. The minimum Gasteiger partial charge on any atom is -0.487 e. The van der Waals surface area contributed by atoms with Crippen molar-refractivity contribution in [1.29, 1.82) is 0 Å². The molecule has 2 aromatic rings. The van der Waals surface area contributed by atoms with E-state index in [9.17, 15) is 37.8 Å². The van der Waals surface area contributed by atoms with Crippen molar-refractivity contribution in [3.8, 4) is 5.75 Å². The van der Waals surface area contributed by atoms with Gasteiger partial charge in [-0.25, -0.2) is 9.18 Å². The molecule has 1 unspecified atom stereocenters. The number of halogens is 5. The fourth-order valence-corrected chi connectivity index (χ4v) is 4.10. The van der Waals surface area contributed by atoms with Gasteiger partial charge in [0.1, 0.15) is 30.2 Å². The van der Waals surface area contributed by atoms with Crippen LogP contribution >= 0.6 is 15.9 Å². The molecule has 40 heavy (non-hydrogen) atoms. The number of carboxylic acid groups (broad SMARTS) is 1. The number of aliphatic hydroxyl groups is 1. The molecule has 0 aliphatic heterocycles. The molecule has 1 atom stereocenters. The average molecular weight is 637 g/mol. The highest BCUT2D eigenvalue weighted by Gasteiger charge is 2.45. The fourth-order valence-electron chi connectivity index (χ4n) is 3.55. The van der Waals surface area contributed by atoms with Crippen LogP contribution in [0.2, 0.25) is 0 Å². The van der Waals surface area contributed by atoms with E-state index in [0.717, 1.165) is 6.07 Å². The third kappa shape index (κ3) is 9.66. The SMILES string of the molecule is CC(C)(C)OC(=O)NC(CCO)Cc1c(Br)cc(OCc2ccccc2)c(N(CC(=O)O)C(=O)C(F)(F)F)c1F. The lowest BCUT2D eigenvalue weighted by atomic mass is 10.0. The molecule has 0 radical (unpaired) electrons. The number of carboxylic acids is 1. The van der Waals surface area contributed by atoms with Crippen molar-refractivity contribution in [1.82, 2.24) is 5.32 Å². The number of benzene rings is 2. The fraction of sp³-hybridized carbons (Fsp3) is 0.423. The van der Waals surface area contributed by atoms with E-state index in [1.54, 1.807) is 51.1 Å². The molecule has 0 spiro atoms. The van der Waals surface area contributed by atoms with Crippen molar-refractivity contribution >= 4 is 39.6 Å². The Kier molecular flexibility index (Phi) is 11.3. The molecule has 2 amide bonds. The molecule has 0 aliphatic carbocycles. The lowest BCUT2D eigenvalue weighted by Gasteiger charge is -2.28. The van der Waals surface area contributed by atoms with Gasteiger partial charge in [-0.1, -0.05) is 46.3 Å². The summed E-state index contributed by atoms with van der Waals surface area (Å²) in [6.45, 7) is 2.63. The molecular weight excluding hydrogens is 608 g/mol. The maximum atomic E-state index is 16.1. The second-order valence-corrected chi connectivity index (χ2v) is 10.5. The van der Waals surface area contributed by atoms with E-state index in [2.05, 4.69) is 21.2 Å². The first kappa shape index (κ1) is 32.8. The van der Waals surface area contributed by atoms with Crippen LogP contribution in [-0.2, 0) is 27.4 Å². The first-order valence-corrected chi connectivity index (χ1v) is 12.7. The third-order valence-corrected chi connectivity index (χ3v) is 5.90. The Morgan fingerprint density at radius 2 is 1.75 bits per heavy atom. The van der Waals surface area contributed by atoms with E-state index in [-0.39, 0.29) is 34.4 Å². The van der Waals surface area contributed by atoms with Crippen LogP contribution in [0, 0.1) is 5.82 Å². The van der Waals surface area contributed by atoms with Gasteiger partial charge in [0.25, 0.3) is 0 Å². The van der Waals surface area contributed by atoms with Crippen LogP contribution in [0.5, 0.6) is 5.75 Å². The number of alkyl halides is 3. The maximum Gasteiger partial charge on any atom is 0.471 e. The Labute approximate surface area is 236 Å². The van der Waals surface area contributed by atoms with E-state index >= 15 is 4.39 Å². The Morgan fingerprint density at radius 3 is 2.27 bits per heavy atom. The summed E-state index contributed by atoms with van der Waals surface area (Å²) < 4.78 is 67.3. The standard InChI is InChI=1S/C26H29BrF4N2O7/c1-25(2,3)40-24(38)32-16(9-10-34)11-17-18(27)12-19(39-14-15-7-5-4-6-8-15)22(21(17)28)33(13-20(35)36)23(37)26(29,30)31/h4-8,12,16,34H,9-11,13-14H2,1-3H3,(H,32,38)(H,35,36). The molecule has 0 saturated heterocycles. The number of carbonyl (C=O) groups is 3. The zero-order valence-electron chi connectivity index (χ0n) is 21.8. The quantitative estimate of drug-likeness (QED) is 0.298. The summed E-state index contributed by atoms with van der Waals surface area (Å²) in [4.78, 5) is 35.8. The van der Waals surface area contributed by atoms with Crippen molar-refractivity contribution in [3.05, 3.63) is 57.8 Å². The Morgan fingerprint density at radius 1 is 1.12 bits per heavy atom. The summed E-state index contributed by atoms with van der Waals surface area (Å²) in [6, 6.07) is 8.47. The second kappa shape index (κ2) is 13.8. The first-order valence-electron chi connectivity index (χ1n) is 11.9. The first-order chi connectivity index (χ1) is 18.5. The number of anilines is 1. The van der Waals surface area contributed by atoms with Crippen molar-refractivity contribution < 1.29 is 51.6 Å². The number of nitrogens with zero attached hydrogens (tertiary/aromatic N) is 1. The van der Waals surface area contributed by atoms with Crippen molar-refractivity contribution in [2.75, 3.05) is 18.1 Å². The summed E-state index contributed by atoms with van der Waals surface area (Å²) in [7, 11) is 0. The number of carbonyl (C=O) groups excluding carboxylic acids is 2. The number of hydrogen-bond donors (Lipinski definition) is 3. The summed E-state index contributed by atoms with van der Waals surface area (Å²) in [5, 5.41) is 21.2. The van der Waals surface area contributed by atoms with Crippen LogP contribution in [0.1, 0.15) is 38.3 Å². The van der Waals surface area contributed by atoms with Crippen LogP contribution in [0.3, 0.4) is 0 Å². The van der Waals surface area contributed by atoms with Crippen LogP contribution in [-0.4, -0.2) is 59.2 Å². The molecule has 2 rings (SSSR count). The summed E-state index contributed by atoms with van der Waals surface area (Å²) >= 11 is 3.16. The van der Waals surface area contributed by atoms with Crippen LogP contribution in [0.25, 0.3) is 0 Å². The van der Waals surface area contributed by atoms with Crippen LogP contribution in [0.15, 0.2) is 40.9 Å². The van der Waals surface area contributed by atoms with Gasteiger partial charge in [0.05, 0.1) is 0 Å². The molecule has 3 N–H and O–H groups in total. The highest BCUT2D eigenvalue weighted by atomic mass is 79.9. The predicted molar refractivity (Wildman–Crippen MR) is 139 cm³/mol. The second-order valence-electron chi connectivity index (χ2n) is 9.61. The predicted octanol–water partition coefficient (Wildman–Crippen LogP) is 4.97. The van der Waals surface area contributed by atoms with Gasteiger partial charge in [0, 0.05) is 22.7 Å². The summed E-state index contributed by atoms with van der Waals surface area (Å²) in [6.07, 6.45) is -6.89. The number of nitrogens with one attached hydrogen (secondary N) is 1. The lowest BCUT2D eigenvalue weighted by molar-refractivity contribution is -0.171. The van der Waals surface area contributed by atoms with Gasteiger partial charge >= 0.3 is 24.1 Å². The van der Waals surface area contributed by atoms with E-state index < -0.39 is 66.2 Å². The Hall–Kier alpha value is -3.39. The average Bonchev–Trinajstić information content (AvgIpc) is 2.82.